The van der Waals surface area contributed by atoms with Gasteiger partial charge >= 0.3 is 11.7 Å². The second kappa shape index (κ2) is 12.0. The third-order valence-corrected chi connectivity index (χ3v) is 7.85. The summed E-state index contributed by atoms with van der Waals surface area (Å²) in [7, 11) is 3.17. The zero-order valence-corrected chi connectivity index (χ0v) is 22.9. The van der Waals surface area contributed by atoms with Gasteiger partial charge < -0.3 is 23.9 Å². The Morgan fingerprint density at radius 3 is 2.67 bits per heavy atom. The van der Waals surface area contributed by atoms with Gasteiger partial charge in [0.1, 0.15) is 12.4 Å². The number of carbonyl (C=O) groups is 1. The van der Waals surface area contributed by atoms with Crippen molar-refractivity contribution in [1.29, 1.82) is 0 Å². The molecule has 1 N–H and O–H groups in total. The molecule has 0 spiro atoms. The lowest BCUT2D eigenvalue weighted by Crippen LogP contribution is -2.47. The average Bonchev–Trinajstić information content (AvgIpc) is 3.39. The van der Waals surface area contributed by atoms with E-state index in [1.807, 2.05) is 24.3 Å². The van der Waals surface area contributed by atoms with Crippen LogP contribution < -0.4 is 25.5 Å². The smallest absolute Gasteiger partial charge is 0.330 e. The van der Waals surface area contributed by atoms with Crippen molar-refractivity contribution in [2.24, 2.45) is 13.0 Å². The SMILES string of the molecule is COc1cc(CN(CCc2ccc3c(c2)CCO3)C2CC(C(=O)O)C2)ccc1OCCn1c(=O)ccn(C)c1=O. The minimum atomic E-state index is -0.728. The van der Waals surface area contributed by atoms with Crippen LogP contribution in [-0.2, 0) is 37.8 Å². The van der Waals surface area contributed by atoms with Crippen molar-refractivity contribution in [2.75, 3.05) is 26.9 Å². The van der Waals surface area contributed by atoms with Crippen LogP contribution in [0.15, 0.2) is 58.3 Å². The molecule has 212 valence electrons. The number of carboxylic acids is 1. The fraction of sp³-hybridized carbons (Fsp3) is 0.433. The van der Waals surface area contributed by atoms with Crippen LogP contribution in [0.1, 0.15) is 29.5 Å². The quantitative estimate of drug-likeness (QED) is 0.367. The average molecular weight is 550 g/mol. The van der Waals surface area contributed by atoms with Gasteiger partial charge in [-0.3, -0.25) is 19.1 Å². The van der Waals surface area contributed by atoms with E-state index >= 15 is 0 Å². The van der Waals surface area contributed by atoms with E-state index in [0.717, 1.165) is 41.9 Å². The largest absolute Gasteiger partial charge is 0.493 e. The molecular formula is C30H35N3O7. The molecule has 0 bridgehead atoms. The summed E-state index contributed by atoms with van der Waals surface area (Å²) in [5, 5.41) is 9.41. The first kappa shape index (κ1) is 27.5. The highest BCUT2D eigenvalue weighted by Crippen LogP contribution is 2.35. The van der Waals surface area contributed by atoms with Crippen molar-refractivity contribution in [3.05, 3.63) is 86.2 Å². The van der Waals surface area contributed by atoms with Crippen LogP contribution in [-0.4, -0.2) is 58.0 Å². The Bertz CT molecular complexity index is 1490. The van der Waals surface area contributed by atoms with E-state index in [9.17, 15) is 19.5 Å². The highest BCUT2D eigenvalue weighted by atomic mass is 16.5. The zero-order valence-electron chi connectivity index (χ0n) is 22.9. The minimum absolute atomic E-state index is 0.117. The summed E-state index contributed by atoms with van der Waals surface area (Å²) in [4.78, 5) is 38.1. The highest BCUT2D eigenvalue weighted by molar-refractivity contribution is 5.71. The summed E-state index contributed by atoms with van der Waals surface area (Å²) < 4.78 is 19.6. The zero-order chi connectivity index (χ0) is 28.2. The Kier molecular flexibility index (Phi) is 8.25. The molecule has 5 rings (SSSR count). The molecule has 1 aliphatic heterocycles. The van der Waals surface area contributed by atoms with Crippen LogP contribution in [0.5, 0.6) is 17.2 Å². The Balaban J connectivity index is 1.25. The number of nitrogens with zero attached hydrogens (tertiary/aromatic N) is 3. The molecule has 0 radical (unpaired) electrons. The van der Waals surface area contributed by atoms with E-state index in [4.69, 9.17) is 14.2 Å². The third-order valence-electron chi connectivity index (χ3n) is 7.85. The first-order valence-electron chi connectivity index (χ1n) is 13.6. The summed E-state index contributed by atoms with van der Waals surface area (Å²) >= 11 is 0. The van der Waals surface area contributed by atoms with Gasteiger partial charge in [0.05, 0.1) is 26.2 Å². The van der Waals surface area contributed by atoms with Crippen molar-refractivity contribution in [2.45, 2.75) is 44.8 Å². The number of carboxylic acid groups (broad SMARTS) is 1. The summed E-state index contributed by atoms with van der Waals surface area (Å²) in [6.45, 7) is 2.43. The van der Waals surface area contributed by atoms with Crippen molar-refractivity contribution in [3.8, 4) is 17.2 Å². The van der Waals surface area contributed by atoms with Gasteiger partial charge in [-0.05, 0) is 54.2 Å². The van der Waals surface area contributed by atoms with Crippen LogP contribution in [0.2, 0.25) is 0 Å². The summed E-state index contributed by atoms with van der Waals surface area (Å²) in [5.74, 6) is 1.03. The molecule has 1 fully saturated rings. The number of benzene rings is 2. The van der Waals surface area contributed by atoms with Crippen LogP contribution in [0, 0.1) is 5.92 Å². The van der Waals surface area contributed by atoms with Gasteiger partial charge in [-0.15, -0.1) is 0 Å². The molecule has 1 saturated carbocycles. The number of aromatic nitrogens is 2. The Morgan fingerprint density at radius 2 is 1.90 bits per heavy atom. The molecule has 0 atom stereocenters. The van der Waals surface area contributed by atoms with Crippen LogP contribution >= 0.6 is 0 Å². The number of methoxy groups -OCH3 is 1. The molecule has 0 unspecified atom stereocenters. The molecule has 2 aliphatic rings. The van der Waals surface area contributed by atoms with E-state index in [1.165, 1.54) is 28.0 Å². The van der Waals surface area contributed by atoms with Crippen molar-refractivity contribution >= 4 is 5.97 Å². The Hall–Kier alpha value is -4.05. The second-order valence-electron chi connectivity index (χ2n) is 10.5. The van der Waals surface area contributed by atoms with Crippen molar-refractivity contribution in [1.82, 2.24) is 14.0 Å². The van der Waals surface area contributed by atoms with E-state index < -0.39 is 11.7 Å². The topological polar surface area (TPSA) is 112 Å². The predicted molar refractivity (Wildman–Crippen MR) is 148 cm³/mol. The highest BCUT2D eigenvalue weighted by Gasteiger charge is 2.37. The monoisotopic (exact) mass is 549 g/mol. The number of rotatable bonds is 12. The van der Waals surface area contributed by atoms with Gasteiger partial charge in [0.25, 0.3) is 5.56 Å². The van der Waals surface area contributed by atoms with Crippen LogP contribution in [0.25, 0.3) is 0 Å². The Morgan fingerprint density at radius 1 is 1.10 bits per heavy atom. The van der Waals surface area contributed by atoms with E-state index in [1.54, 1.807) is 14.2 Å². The van der Waals surface area contributed by atoms with Gasteiger partial charge in [-0.1, -0.05) is 18.2 Å². The molecule has 1 aliphatic carbocycles. The lowest BCUT2D eigenvalue weighted by atomic mass is 9.79. The lowest BCUT2D eigenvalue weighted by Gasteiger charge is -2.41. The number of fused-ring (bicyclic) bond motifs is 1. The molecule has 10 nitrogen and oxygen atoms in total. The Labute approximate surface area is 232 Å². The molecule has 2 heterocycles. The number of aliphatic carboxylic acids is 1. The number of ether oxygens (including phenoxy) is 3. The summed E-state index contributed by atoms with van der Waals surface area (Å²) in [5.41, 5.74) is 2.75. The van der Waals surface area contributed by atoms with Gasteiger partial charge in [-0.2, -0.15) is 0 Å². The molecule has 1 aromatic heterocycles. The summed E-state index contributed by atoms with van der Waals surface area (Å²) in [6, 6.07) is 13.7. The first-order valence-corrected chi connectivity index (χ1v) is 13.6. The molecule has 3 aromatic rings. The van der Waals surface area contributed by atoms with Gasteiger partial charge in [0, 0.05) is 44.9 Å². The molecule has 10 heteroatoms. The molecule has 2 aromatic carbocycles. The van der Waals surface area contributed by atoms with Gasteiger partial charge in [-0.25, -0.2) is 4.79 Å². The van der Waals surface area contributed by atoms with Gasteiger partial charge in [0.2, 0.25) is 0 Å². The van der Waals surface area contributed by atoms with E-state index in [0.29, 0.717) is 30.9 Å². The summed E-state index contributed by atoms with van der Waals surface area (Å²) in [6.07, 6.45) is 4.52. The number of hydrogen-bond donors (Lipinski definition) is 1. The standard InChI is InChI=1S/C30H35N3O7/c1-31-10-8-28(34)33(30(31)37)12-14-40-26-6-4-21(16-27(26)38-2)19-32(24-17-23(18-24)29(35)36)11-7-20-3-5-25-22(15-20)9-13-39-25/h3-6,8,10,15-16,23-24H,7,9,11-14,17-19H2,1-2H3,(H,35,36). The molecule has 0 amide bonds. The van der Waals surface area contributed by atoms with Crippen LogP contribution in [0.3, 0.4) is 0 Å². The lowest BCUT2D eigenvalue weighted by molar-refractivity contribution is -0.147. The van der Waals surface area contributed by atoms with Gasteiger partial charge in [0.15, 0.2) is 11.5 Å². The normalized spacial score (nSPS) is 17.7. The fourth-order valence-electron chi connectivity index (χ4n) is 5.38. The maximum absolute atomic E-state index is 12.2. The van der Waals surface area contributed by atoms with E-state index in [-0.39, 0.29) is 30.7 Å². The first-order chi connectivity index (χ1) is 19.3. The van der Waals surface area contributed by atoms with E-state index in [2.05, 4.69) is 17.0 Å². The fourth-order valence-corrected chi connectivity index (χ4v) is 5.38. The predicted octanol–water partition coefficient (Wildman–Crippen LogP) is 2.48. The molecule has 40 heavy (non-hydrogen) atoms. The second-order valence-corrected chi connectivity index (χ2v) is 10.5. The maximum Gasteiger partial charge on any atom is 0.330 e. The number of hydrogen-bond acceptors (Lipinski definition) is 7. The van der Waals surface area contributed by atoms with Crippen molar-refractivity contribution < 1.29 is 24.1 Å². The molecule has 0 saturated heterocycles. The minimum Gasteiger partial charge on any atom is -0.493 e. The molecular weight excluding hydrogens is 514 g/mol. The third kappa shape index (κ3) is 6.07. The number of aryl methyl sites for hydroxylation is 1. The maximum atomic E-state index is 12.2. The van der Waals surface area contributed by atoms with Crippen LogP contribution in [0.4, 0.5) is 0 Å². The van der Waals surface area contributed by atoms with Crippen molar-refractivity contribution in [3.63, 3.8) is 0 Å².